The molecule has 1 amide bonds. The molecule has 4 aromatic rings. The summed E-state index contributed by atoms with van der Waals surface area (Å²) in [6.07, 6.45) is 0.571. The maximum atomic E-state index is 12.7. The molecule has 11 nitrogen and oxygen atoms in total. The van der Waals surface area contributed by atoms with Crippen LogP contribution in [-0.2, 0) is 27.5 Å². The van der Waals surface area contributed by atoms with Gasteiger partial charge in [0.25, 0.3) is 0 Å². The van der Waals surface area contributed by atoms with Gasteiger partial charge in [0.05, 0.1) is 18.0 Å². The molecule has 0 unspecified atom stereocenters. The van der Waals surface area contributed by atoms with Gasteiger partial charge in [-0.2, -0.15) is 31.7 Å². The van der Waals surface area contributed by atoms with Crippen LogP contribution >= 0.6 is 0 Å². The number of amides is 1. The number of nitrogens with zero attached hydrogens (tertiary/aromatic N) is 5. The molecule has 2 aromatic heterocycles. The van der Waals surface area contributed by atoms with Gasteiger partial charge in [-0.05, 0) is 36.4 Å². The number of alkyl halides is 3. The second-order valence-electron chi connectivity index (χ2n) is 7.17. The summed E-state index contributed by atoms with van der Waals surface area (Å²) in [5.74, 6) is -0.619. The van der Waals surface area contributed by atoms with Crippen molar-refractivity contribution in [1.29, 1.82) is 0 Å². The first-order valence-corrected chi connectivity index (χ1v) is 11.6. The molecule has 0 saturated carbocycles. The van der Waals surface area contributed by atoms with Crippen LogP contribution in [0.4, 0.5) is 13.2 Å². The smallest absolute Gasteiger partial charge is 0.378 e. The molecule has 0 aliphatic carbocycles. The fourth-order valence-corrected chi connectivity index (χ4v) is 3.79. The van der Waals surface area contributed by atoms with Gasteiger partial charge < -0.3 is 8.71 Å². The van der Waals surface area contributed by atoms with Crippen molar-refractivity contribution < 1.29 is 35.1 Å². The third-order valence-electron chi connectivity index (χ3n) is 4.55. The first-order valence-electron chi connectivity index (χ1n) is 10.2. The number of benzene rings is 2. The zero-order valence-corrected chi connectivity index (χ0v) is 19.3. The molecule has 0 fully saturated rings. The normalized spacial score (nSPS) is 12.0. The molecule has 0 atom stereocenters. The highest BCUT2D eigenvalue weighted by atomic mass is 32.2. The van der Waals surface area contributed by atoms with E-state index in [1.807, 2.05) is 0 Å². The van der Waals surface area contributed by atoms with Crippen LogP contribution in [0, 0.1) is 0 Å². The highest BCUT2D eigenvalue weighted by molar-refractivity contribution is 7.87. The number of rotatable bonds is 8. The summed E-state index contributed by atoms with van der Waals surface area (Å²) in [5, 5.41) is 7.49. The summed E-state index contributed by atoms with van der Waals surface area (Å²) in [7, 11) is -4.45. The van der Waals surface area contributed by atoms with E-state index in [0.29, 0.717) is 17.8 Å². The molecule has 2 aromatic carbocycles. The van der Waals surface area contributed by atoms with Gasteiger partial charge in [0, 0.05) is 18.0 Å². The molecule has 2 heterocycles. The fraction of sp³-hybridized carbons (Fsp3) is 0.0909. The number of halogens is 3. The number of nitrogens with one attached hydrogen (secondary N) is 1. The number of carbonyl (C=O) groups is 1. The van der Waals surface area contributed by atoms with Crippen LogP contribution in [0.25, 0.3) is 11.5 Å². The van der Waals surface area contributed by atoms with Crippen LogP contribution in [0.2, 0.25) is 0 Å². The molecule has 4 rings (SSSR count). The average molecular weight is 532 g/mol. The molecular weight excluding hydrogens is 517 g/mol. The minimum atomic E-state index is -4.61. The second-order valence-corrected chi connectivity index (χ2v) is 8.72. The van der Waals surface area contributed by atoms with E-state index in [9.17, 15) is 26.4 Å². The van der Waals surface area contributed by atoms with Crippen LogP contribution in [-0.4, -0.2) is 40.6 Å². The first-order chi connectivity index (χ1) is 17.6. The van der Waals surface area contributed by atoms with Crippen LogP contribution in [0.3, 0.4) is 0 Å². The quantitative estimate of drug-likeness (QED) is 0.205. The number of aromatic nitrogens is 4. The zero-order valence-electron chi connectivity index (χ0n) is 18.5. The zero-order chi connectivity index (χ0) is 26.5. The summed E-state index contributed by atoms with van der Waals surface area (Å²) in [6, 6.07) is 8.68. The lowest BCUT2D eigenvalue weighted by Gasteiger charge is -2.11. The summed E-state index contributed by atoms with van der Waals surface area (Å²) in [4.78, 5) is 23.6. The Balaban J connectivity index is 1.40. The molecule has 0 radical (unpaired) electrons. The van der Waals surface area contributed by atoms with Crippen molar-refractivity contribution in [3.8, 4) is 17.3 Å². The molecule has 1 N–H and O–H groups in total. The Kier molecular flexibility index (Phi) is 7.24. The first kappa shape index (κ1) is 25.4. The van der Waals surface area contributed by atoms with Gasteiger partial charge in [-0.15, -0.1) is 0 Å². The van der Waals surface area contributed by atoms with Gasteiger partial charge in [0.2, 0.25) is 17.6 Å². The van der Waals surface area contributed by atoms with Crippen molar-refractivity contribution in [2.45, 2.75) is 17.5 Å². The Morgan fingerprint density at radius 3 is 2.57 bits per heavy atom. The van der Waals surface area contributed by atoms with E-state index in [1.165, 1.54) is 36.8 Å². The summed E-state index contributed by atoms with van der Waals surface area (Å²) < 4.78 is 73.4. The van der Waals surface area contributed by atoms with Crippen LogP contribution in [0.15, 0.2) is 81.6 Å². The van der Waals surface area contributed by atoms with Crippen molar-refractivity contribution in [2.75, 3.05) is 0 Å². The summed E-state index contributed by atoms with van der Waals surface area (Å²) in [5.41, 5.74) is 1.76. The molecule has 0 aliphatic heterocycles. The second kappa shape index (κ2) is 10.5. The summed E-state index contributed by atoms with van der Waals surface area (Å²) in [6.45, 7) is 0. The van der Waals surface area contributed by atoms with Crippen LogP contribution < -0.4 is 9.61 Å². The summed E-state index contributed by atoms with van der Waals surface area (Å²) >= 11 is 0. The lowest BCUT2D eigenvalue weighted by Crippen LogP contribution is -2.20. The van der Waals surface area contributed by atoms with Gasteiger partial charge in [0.15, 0.2) is 5.75 Å². The van der Waals surface area contributed by atoms with Gasteiger partial charge in [-0.25, -0.2) is 10.4 Å². The van der Waals surface area contributed by atoms with E-state index in [4.69, 9.17) is 8.71 Å². The maximum Gasteiger partial charge on any atom is 0.416 e. The van der Waals surface area contributed by atoms with E-state index < -0.39 is 32.7 Å². The van der Waals surface area contributed by atoms with Crippen molar-refractivity contribution in [2.24, 2.45) is 5.10 Å². The Hall–Kier alpha value is -4.66. The minimum Gasteiger partial charge on any atom is -0.378 e. The molecule has 37 heavy (non-hydrogen) atoms. The molecule has 0 aliphatic rings. The van der Waals surface area contributed by atoms with E-state index in [0.717, 1.165) is 18.3 Å². The largest absolute Gasteiger partial charge is 0.416 e. The van der Waals surface area contributed by atoms with Crippen molar-refractivity contribution >= 4 is 22.2 Å². The van der Waals surface area contributed by atoms with E-state index in [-0.39, 0.29) is 29.4 Å². The van der Waals surface area contributed by atoms with Gasteiger partial charge in [-0.1, -0.05) is 17.3 Å². The average Bonchev–Trinajstić information content (AvgIpc) is 3.33. The predicted molar refractivity (Wildman–Crippen MR) is 120 cm³/mol. The van der Waals surface area contributed by atoms with E-state index in [1.54, 1.807) is 6.07 Å². The van der Waals surface area contributed by atoms with Crippen molar-refractivity contribution in [3.63, 3.8) is 0 Å². The molecule has 0 spiro atoms. The Morgan fingerprint density at radius 1 is 1.11 bits per heavy atom. The lowest BCUT2D eigenvalue weighted by molar-refractivity contribution is -0.137. The highest BCUT2D eigenvalue weighted by Crippen LogP contribution is 2.30. The molecule has 0 saturated heterocycles. The predicted octanol–water partition coefficient (Wildman–Crippen LogP) is 3.01. The van der Waals surface area contributed by atoms with Crippen molar-refractivity contribution in [3.05, 3.63) is 84.1 Å². The van der Waals surface area contributed by atoms with Crippen LogP contribution in [0.5, 0.6) is 5.75 Å². The number of hydrogen-bond acceptors (Lipinski definition) is 10. The molecule has 190 valence electrons. The van der Waals surface area contributed by atoms with Crippen molar-refractivity contribution in [1.82, 2.24) is 25.5 Å². The van der Waals surface area contributed by atoms with E-state index >= 15 is 0 Å². The topological polar surface area (TPSA) is 150 Å². The third-order valence-corrected chi connectivity index (χ3v) is 5.80. The minimum absolute atomic E-state index is 0.000258. The fourth-order valence-electron chi connectivity index (χ4n) is 2.84. The molecule has 0 bridgehead atoms. The van der Waals surface area contributed by atoms with Gasteiger partial charge in [0.1, 0.15) is 17.0 Å². The van der Waals surface area contributed by atoms with Gasteiger partial charge >= 0.3 is 16.3 Å². The number of hydrazone groups is 1. The Labute approximate surface area is 207 Å². The Bertz CT molecular complexity index is 1520. The van der Waals surface area contributed by atoms with Crippen LogP contribution in [0.1, 0.15) is 17.0 Å². The molecule has 15 heteroatoms. The number of carbonyl (C=O) groups excluding carboxylic acids is 1. The highest BCUT2D eigenvalue weighted by Gasteiger charge is 2.31. The third kappa shape index (κ3) is 6.52. The standard InChI is InChI=1S/C22H15F3N6O5S/c23-22(24,25)15-5-7-16(8-6-15)37(33,34)36-18-4-2-1-3-14(18)12-28-30-19(32)11-20-29-21(31-35-20)17-13-26-9-10-27-17/h1-10,12-13H,11H2,(H,30,32)/b28-12+. The maximum absolute atomic E-state index is 12.7. The molecular formula is C22H15F3N6O5S. The SMILES string of the molecule is O=C(Cc1nc(-c2cnccn2)no1)N/N=C/c1ccccc1OS(=O)(=O)c1ccc(C(F)(F)F)cc1. The number of para-hydroxylation sites is 1. The number of hydrogen-bond donors (Lipinski definition) is 1. The monoisotopic (exact) mass is 532 g/mol. The van der Waals surface area contributed by atoms with E-state index in [2.05, 4.69) is 30.6 Å². The lowest BCUT2D eigenvalue weighted by atomic mass is 10.2. The van der Waals surface area contributed by atoms with Gasteiger partial charge in [-0.3, -0.25) is 9.78 Å². The Morgan fingerprint density at radius 2 is 1.86 bits per heavy atom.